The number of nitrogens with zero attached hydrogens (tertiary/aromatic N) is 1. The Balaban J connectivity index is 1.79. The highest BCUT2D eigenvalue weighted by molar-refractivity contribution is 7.10. The molecule has 0 amide bonds. The van der Waals surface area contributed by atoms with Crippen molar-refractivity contribution in [3.05, 3.63) is 21.9 Å². The maximum atomic E-state index is 9.25. The van der Waals surface area contributed by atoms with Gasteiger partial charge >= 0.3 is 0 Å². The highest BCUT2D eigenvalue weighted by atomic mass is 32.1. The van der Waals surface area contributed by atoms with Gasteiger partial charge in [-0.3, -0.25) is 0 Å². The van der Waals surface area contributed by atoms with E-state index in [0.29, 0.717) is 5.92 Å². The van der Waals surface area contributed by atoms with Crippen molar-refractivity contribution in [2.45, 2.75) is 25.5 Å². The van der Waals surface area contributed by atoms with Crippen LogP contribution in [0.4, 0.5) is 0 Å². The van der Waals surface area contributed by atoms with E-state index in [4.69, 9.17) is 5.11 Å². The summed E-state index contributed by atoms with van der Waals surface area (Å²) in [5.74, 6) is 6.22. The summed E-state index contributed by atoms with van der Waals surface area (Å²) in [7, 11) is 2.11. The van der Waals surface area contributed by atoms with Crippen molar-refractivity contribution >= 4 is 11.3 Å². The first-order valence-electron chi connectivity index (χ1n) is 6.21. The minimum absolute atomic E-state index is 0.0644. The first-order valence-corrected chi connectivity index (χ1v) is 7.09. The van der Waals surface area contributed by atoms with Gasteiger partial charge in [0.25, 0.3) is 0 Å². The molecule has 1 heterocycles. The first kappa shape index (κ1) is 13.6. The smallest absolute Gasteiger partial charge is 0.104 e. The third-order valence-corrected chi connectivity index (χ3v) is 4.09. The summed E-state index contributed by atoms with van der Waals surface area (Å²) in [6.45, 7) is 1.89. The van der Waals surface area contributed by atoms with Crippen LogP contribution in [0.3, 0.4) is 0 Å². The number of aliphatic hydroxyl groups excluding tert-OH is 2. The molecule has 0 saturated heterocycles. The van der Waals surface area contributed by atoms with Gasteiger partial charge in [-0.15, -0.1) is 11.3 Å². The van der Waals surface area contributed by atoms with Crippen molar-refractivity contribution in [2.75, 3.05) is 20.2 Å². The minimum atomic E-state index is -0.0882. The number of hydrogen-bond acceptors (Lipinski definition) is 4. The van der Waals surface area contributed by atoms with E-state index in [-0.39, 0.29) is 12.7 Å². The van der Waals surface area contributed by atoms with Crippen molar-refractivity contribution in [1.82, 2.24) is 4.90 Å². The molecule has 1 aliphatic rings. The van der Waals surface area contributed by atoms with Gasteiger partial charge in [-0.05, 0) is 31.9 Å². The molecule has 0 bridgehead atoms. The molecule has 1 aliphatic carbocycles. The summed E-state index contributed by atoms with van der Waals surface area (Å²) in [6, 6.07) is 2.08. The summed E-state index contributed by atoms with van der Waals surface area (Å²) in [5, 5.41) is 19.9. The monoisotopic (exact) mass is 265 g/mol. The normalized spacial score (nSPS) is 22.4. The van der Waals surface area contributed by atoms with E-state index in [1.54, 1.807) is 11.3 Å². The molecule has 18 heavy (non-hydrogen) atoms. The van der Waals surface area contributed by atoms with Gasteiger partial charge in [-0.2, -0.15) is 0 Å². The second-order valence-corrected chi connectivity index (χ2v) is 5.95. The van der Waals surface area contributed by atoms with Crippen LogP contribution in [0.1, 0.15) is 23.3 Å². The SMILES string of the molecule is CN(Cc1cc(C#CCO)cs1)CC1CC(O)C1. The van der Waals surface area contributed by atoms with Crippen LogP contribution in [0.15, 0.2) is 11.4 Å². The van der Waals surface area contributed by atoms with Crippen molar-refractivity contribution in [1.29, 1.82) is 0 Å². The molecule has 1 aromatic heterocycles. The minimum Gasteiger partial charge on any atom is -0.393 e. The zero-order valence-electron chi connectivity index (χ0n) is 10.6. The van der Waals surface area contributed by atoms with Gasteiger partial charge < -0.3 is 15.1 Å². The zero-order valence-corrected chi connectivity index (χ0v) is 11.4. The topological polar surface area (TPSA) is 43.7 Å². The molecule has 0 aliphatic heterocycles. The van der Waals surface area contributed by atoms with Crippen LogP contribution in [0.5, 0.6) is 0 Å². The molecule has 4 heteroatoms. The van der Waals surface area contributed by atoms with Crippen molar-refractivity contribution in [2.24, 2.45) is 5.92 Å². The lowest BCUT2D eigenvalue weighted by Gasteiger charge is -2.34. The van der Waals surface area contributed by atoms with Crippen molar-refractivity contribution < 1.29 is 10.2 Å². The molecule has 2 N–H and O–H groups in total. The third kappa shape index (κ3) is 3.82. The summed E-state index contributed by atoms with van der Waals surface area (Å²) < 4.78 is 0. The van der Waals surface area contributed by atoms with Crippen LogP contribution in [0.2, 0.25) is 0 Å². The van der Waals surface area contributed by atoms with E-state index in [0.717, 1.165) is 31.5 Å². The molecule has 1 fully saturated rings. The van der Waals surface area contributed by atoms with Gasteiger partial charge in [0.2, 0.25) is 0 Å². The van der Waals surface area contributed by atoms with Crippen molar-refractivity contribution in [3.63, 3.8) is 0 Å². The van der Waals surface area contributed by atoms with Crippen LogP contribution >= 0.6 is 11.3 Å². The molecule has 0 spiro atoms. The van der Waals surface area contributed by atoms with Crippen LogP contribution in [0, 0.1) is 17.8 Å². The maximum Gasteiger partial charge on any atom is 0.104 e. The van der Waals surface area contributed by atoms with Gasteiger partial charge in [-0.25, -0.2) is 0 Å². The lowest BCUT2D eigenvalue weighted by Crippen LogP contribution is -2.36. The van der Waals surface area contributed by atoms with E-state index >= 15 is 0 Å². The van der Waals surface area contributed by atoms with E-state index in [1.807, 2.05) is 5.38 Å². The molecule has 2 rings (SSSR count). The quantitative estimate of drug-likeness (QED) is 0.806. The molecule has 0 radical (unpaired) electrons. The second-order valence-electron chi connectivity index (χ2n) is 4.95. The summed E-state index contributed by atoms with van der Waals surface area (Å²) >= 11 is 1.71. The van der Waals surface area contributed by atoms with E-state index < -0.39 is 0 Å². The average Bonchev–Trinajstić information content (AvgIpc) is 2.72. The van der Waals surface area contributed by atoms with E-state index in [2.05, 4.69) is 29.9 Å². The van der Waals surface area contributed by atoms with Gasteiger partial charge in [0.1, 0.15) is 6.61 Å². The standard InChI is InChI=1S/C14H19NO2S/c1-15(8-12-5-13(17)6-12)9-14-7-11(10-18-14)3-2-4-16/h7,10,12-13,16-17H,4-6,8-9H2,1H3. The summed E-state index contributed by atoms with van der Waals surface area (Å²) in [6.07, 6.45) is 1.83. The Morgan fingerprint density at radius 3 is 2.94 bits per heavy atom. The second kappa shape index (κ2) is 6.35. The Bertz CT molecular complexity index is 440. The van der Waals surface area contributed by atoms with Crippen molar-refractivity contribution in [3.8, 4) is 11.8 Å². The largest absolute Gasteiger partial charge is 0.393 e. The highest BCUT2D eigenvalue weighted by Gasteiger charge is 2.27. The predicted octanol–water partition coefficient (Wildman–Crippen LogP) is 1.29. The zero-order chi connectivity index (χ0) is 13.0. The van der Waals surface area contributed by atoms with Crippen LogP contribution < -0.4 is 0 Å². The Morgan fingerprint density at radius 1 is 1.50 bits per heavy atom. The van der Waals surface area contributed by atoms with Gasteiger partial charge in [0, 0.05) is 28.9 Å². The molecule has 0 atom stereocenters. The Labute approximate surface area is 112 Å². The Morgan fingerprint density at radius 2 is 2.28 bits per heavy atom. The molecule has 98 valence electrons. The number of thiophene rings is 1. The molecule has 3 nitrogen and oxygen atoms in total. The van der Waals surface area contributed by atoms with Gasteiger partial charge in [0.15, 0.2) is 0 Å². The Kier molecular flexibility index (Phi) is 4.79. The average molecular weight is 265 g/mol. The third-order valence-electron chi connectivity index (χ3n) is 3.17. The van der Waals surface area contributed by atoms with Gasteiger partial charge in [0.05, 0.1) is 6.10 Å². The molecule has 0 unspecified atom stereocenters. The van der Waals surface area contributed by atoms with E-state index in [9.17, 15) is 5.11 Å². The number of aliphatic hydroxyl groups is 2. The van der Waals surface area contributed by atoms with Gasteiger partial charge in [-0.1, -0.05) is 11.8 Å². The molecular weight excluding hydrogens is 246 g/mol. The van der Waals surface area contributed by atoms with E-state index in [1.165, 1.54) is 4.88 Å². The van der Waals surface area contributed by atoms with Crippen LogP contribution in [-0.4, -0.2) is 41.4 Å². The fraction of sp³-hybridized carbons (Fsp3) is 0.571. The lowest BCUT2D eigenvalue weighted by atomic mass is 9.82. The Hall–Kier alpha value is -0.860. The van der Waals surface area contributed by atoms with Crippen LogP contribution in [-0.2, 0) is 6.54 Å². The maximum absolute atomic E-state index is 9.25. The predicted molar refractivity (Wildman–Crippen MR) is 73.3 cm³/mol. The molecular formula is C14H19NO2S. The highest BCUT2D eigenvalue weighted by Crippen LogP contribution is 2.28. The fourth-order valence-corrected chi connectivity index (χ4v) is 3.19. The fourth-order valence-electron chi connectivity index (χ4n) is 2.29. The molecule has 1 saturated carbocycles. The summed E-state index contributed by atoms with van der Waals surface area (Å²) in [5.41, 5.74) is 0.983. The summed E-state index contributed by atoms with van der Waals surface area (Å²) in [4.78, 5) is 3.59. The first-order chi connectivity index (χ1) is 8.67. The lowest BCUT2D eigenvalue weighted by molar-refractivity contribution is 0.0275. The van der Waals surface area contributed by atoms with Crippen LogP contribution in [0.25, 0.3) is 0 Å². The number of hydrogen-bond donors (Lipinski definition) is 2. The number of rotatable bonds is 4. The molecule has 0 aromatic carbocycles. The molecule has 1 aromatic rings.